The number of imidazole rings is 2. The van der Waals surface area contributed by atoms with Crippen LogP contribution in [-0.4, -0.2) is 60.1 Å². The lowest BCUT2D eigenvalue weighted by molar-refractivity contribution is 0.582. The van der Waals surface area contributed by atoms with E-state index in [4.69, 9.17) is 0 Å². The zero-order valence-corrected chi connectivity index (χ0v) is 20.7. The highest BCUT2D eigenvalue weighted by Gasteiger charge is 2.20. The Morgan fingerprint density at radius 1 is 1.00 bits per heavy atom. The molecule has 0 bridgehead atoms. The van der Waals surface area contributed by atoms with E-state index in [1.165, 1.54) is 6.07 Å². The molecule has 6 rings (SSSR count). The Bertz CT molecular complexity index is 1620. The molecule has 1 saturated heterocycles. The maximum Gasteiger partial charge on any atom is 0.229 e. The summed E-state index contributed by atoms with van der Waals surface area (Å²) in [5, 5.41) is 6.40. The lowest BCUT2D eigenvalue weighted by Crippen LogP contribution is -2.44. The molecule has 0 saturated carbocycles. The van der Waals surface area contributed by atoms with Crippen molar-refractivity contribution in [3.05, 3.63) is 54.4 Å². The fourth-order valence-electron chi connectivity index (χ4n) is 4.91. The minimum atomic E-state index is -0.662. The van der Waals surface area contributed by atoms with Gasteiger partial charge in [0.1, 0.15) is 22.9 Å². The van der Waals surface area contributed by atoms with Crippen molar-refractivity contribution in [2.24, 2.45) is 0 Å². The molecule has 37 heavy (non-hydrogen) atoms. The number of hydrogen-bond acceptors (Lipinski definition) is 8. The second-order valence-electron chi connectivity index (χ2n) is 9.29. The van der Waals surface area contributed by atoms with Crippen molar-refractivity contribution < 1.29 is 8.78 Å². The van der Waals surface area contributed by atoms with E-state index < -0.39 is 11.6 Å². The van der Waals surface area contributed by atoms with Crippen LogP contribution in [0.4, 0.5) is 26.4 Å². The maximum absolute atomic E-state index is 15.0. The predicted molar refractivity (Wildman–Crippen MR) is 137 cm³/mol. The summed E-state index contributed by atoms with van der Waals surface area (Å²) in [4.78, 5) is 24.1. The molecule has 4 aromatic heterocycles. The molecule has 0 spiro atoms. The van der Waals surface area contributed by atoms with Gasteiger partial charge in [0, 0.05) is 50.2 Å². The van der Waals surface area contributed by atoms with Crippen LogP contribution < -0.4 is 15.5 Å². The van der Waals surface area contributed by atoms with Crippen molar-refractivity contribution >= 4 is 34.3 Å². The lowest BCUT2D eigenvalue weighted by atomic mass is 10.1. The van der Waals surface area contributed by atoms with Crippen LogP contribution in [0.3, 0.4) is 0 Å². The normalized spacial score (nSPS) is 14.3. The number of nitrogens with zero attached hydrogens (tertiary/aromatic N) is 8. The molecule has 1 aromatic carbocycles. The Morgan fingerprint density at radius 2 is 1.81 bits per heavy atom. The van der Waals surface area contributed by atoms with E-state index >= 15 is 4.39 Å². The van der Waals surface area contributed by atoms with Crippen LogP contribution in [0.2, 0.25) is 0 Å². The standard InChI is InChI=1S/C25H26F2N10/c1-14(2)37-15(3)32-22-17(26)10-16(11-19(22)37)21-18(27)12-31-25(33-21)34-23-24-29-6-9-36(24)20(13-30-23)35-7-4-28-5-8-35/h6,9-14,28H,4-5,7-8H2,1-3H3,(H,30,31,33,34). The molecule has 1 fully saturated rings. The topological polar surface area (TPSA) is 101 Å². The first kappa shape index (κ1) is 23.2. The molecule has 0 atom stereocenters. The molecule has 5 heterocycles. The second-order valence-corrected chi connectivity index (χ2v) is 9.29. The van der Waals surface area contributed by atoms with Crippen LogP contribution in [0.1, 0.15) is 25.7 Å². The van der Waals surface area contributed by atoms with Crippen molar-refractivity contribution in [1.29, 1.82) is 0 Å². The van der Waals surface area contributed by atoms with Gasteiger partial charge in [-0.3, -0.25) is 4.40 Å². The van der Waals surface area contributed by atoms with Gasteiger partial charge < -0.3 is 20.1 Å². The molecule has 10 nitrogen and oxygen atoms in total. The number of hydrogen-bond donors (Lipinski definition) is 2. The number of halogens is 2. The van der Waals surface area contributed by atoms with E-state index in [1.807, 2.05) is 35.9 Å². The second kappa shape index (κ2) is 9.04. The van der Waals surface area contributed by atoms with Crippen molar-refractivity contribution in [3.8, 4) is 11.3 Å². The molecule has 12 heteroatoms. The van der Waals surface area contributed by atoms with E-state index in [9.17, 15) is 4.39 Å². The highest BCUT2D eigenvalue weighted by atomic mass is 19.1. The summed E-state index contributed by atoms with van der Waals surface area (Å²) in [5.41, 5.74) is 1.69. The van der Waals surface area contributed by atoms with E-state index in [0.717, 1.165) is 38.2 Å². The van der Waals surface area contributed by atoms with Crippen molar-refractivity contribution in [1.82, 2.24) is 39.2 Å². The largest absolute Gasteiger partial charge is 0.354 e. The Balaban J connectivity index is 1.38. The third-order valence-corrected chi connectivity index (χ3v) is 6.54. The third kappa shape index (κ3) is 4.02. The predicted octanol–water partition coefficient (Wildman–Crippen LogP) is 3.86. The van der Waals surface area contributed by atoms with Crippen LogP contribution in [0.15, 0.2) is 36.9 Å². The highest BCUT2D eigenvalue weighted by Crippen LogP contribution is 2.31. The average Bonchev–Trinajstić information content (AvgIpc) is 3.51. The minimum absolute atomic E-state index is 0.0238. The number of aromatic nitrogens is 7. The Kier molecular flexibility index (Phi) is 5.67. The molecule has 2 N–H and O–H groups in total. The van der Waals surface area contributed by atoms with Gasteiger partial charge in [-0.15, -0.1) is 0 Å². The van der Waals surface area contributed by atoms with Crippen LogP contribution in [-0.2, 0) is 0 Å². The first-order valence-corrected chi connectivity index (χ1v) is 12.2. The monoisotopic (exact) mass is 504 g/mol. The first-order valence-electron chi connectivity index (χ1n) is 12.2. The summed E-state index contributed by atoms with van der Waals surface area (Å²) in [6.07, 6.45) is 6.40. The van der Waals surface area contributed by atoms with Gasteiger partial charge in [0.15, 0.2) is 23.1 Å². The van der Waals surface area contributed by atoms with E-state index in [2.05, 4.69) is 40.5 Å². The van der Waals surface area contributed by atoms with Gasteiger partial charge in [0.05, 0.1) is 17.9 Å². The summed E-state index contributed by atoms with van der Waals surface area (Å²) < 4.78 is 33.8. The van der Waals surface area contributed by atoms with Crippen molar-refractivity contribution in [2.45, 2.75) is 26.8 Å². The van der Waals surface area contributed by atoms with Crippen LogP contribution >= 0.6 is 0 Å². The van der Waals surface area contributed by atoms with Crippen LogP contribution in [0, 0.1) is 18.6 Å². The molecule has 1 aliphatic rings. The molecule has 1 aliphatic heterocycles. The van der Waals surface area contributed by atoms with Crippen LogP contribution in [0.25, 0.3) is 27.9 Å². The third-order valence-electron chi connectivity index (χ3n) is 6.54. The number of benzene rings is 1. The molecule has 5 aromatic rings. The number of nitrogens with one attached hydrogen (secondary N) is 2. The fraction of sp³-hybridized carbons (Fsp3) is 0.320. The summed E-state index contributed by atoms with van der Waals surface area (Å²) in [6.45, 7) is 9.32. The zero-order valence-electron chi connectivity index (χ0n) is 20.7. The quantitative estimate of drug-likeness (QED) is 0.372. The van der Waals surface area contributed by atoms with Gasteiger partial charge in [-0.2, -0.15) is 0 Å². The minimum Gasteiger partial charge on any atom is -0.354 e. The smallest absolute Gasteiger partial charge is 0.229 e. The van der Waals surface area contributed by atoms with Gasteiger partial charge in [0.2, 0.25) is 5.95 Å². The zero-order chi connectivity index (χ0) is 25.7. The molecule has 0 radical (unpaired) electrons. The molecular formula is C25H26F2N10. The van der Waals surface area contributed by atoms with Crippen molar-refractivity contribution in [2.75, 3.05) is 36.4 Å². The van der Waals surface area contributed by atoms with Gasteiger partial charge in [0.25, 0.3) is 0 Å². The molecule has 190 valence electrons. The molecule has 0 unspecified atom stereocenters. The van der Waals surface area contributed by atoms with Crippen molar-refractivity contribution in [3.63, 3.8) is 0 Å². The van der Waals surface area contributed by atoms with Crippen LogP contribution in [0.5, 0.6) is 0 Å². The van der Waals surface area contributed by atoms with E-state index in [1.54, 1.807) is 18.5 Å². The van der Waals surface area contributed by atoms with E-state index in [-0.39, 0.29) is 23.2 Å². The number of fused-ring (bicyclic) bond motifs is 2. The fourth-order valence-corrected chi connectivity index (χ4v) is 4.91. The molecule has 0 aliphatic carbocycles. The van der Waals surface area contributed by atoms with Gasteiger partial charge >= 0.3 is 0 Å². The highest BCUT2D eigenvalue weighted by molar-refractivity contribution is 5.83. The Hall–Kier alpha value is -4.19. The SMILES string of the molecule is Cc1nc2c(F)cc(-c3nc(Nc4ncc(N5CCNCC5)n5ccnc45)ncc3F)cc2n1C(C)C. The molecule has 0 amide bonds. The summed E-state index contributed by atoms with van der Waals surface area (Å²) in [6, 6.07) is 3.02. The number of rotatable bonds is 5. The average molecular weight is 505 g/mol. The maximum atomic E-state index is 15.0. The number of piperazine rings is 1. The Morgan fingerprint density at radius 3 is 2.59 bits per heavy atom. The van der Waals surface area contributed by atoms with Gasteiger partial charge in [-0.1, -0.05) is 0 Å². The molecular weight excluding hydrogens is 478 g/mol. The first-order chi connectivity index (χ1) is 17.9. The summed E-state index contributed by atoms with van der Waals surface area (Å²) in [5.74, 6) is 0.970. The van der Waals surface area contributed by atoms with Gasteiger partial charge in [-0.05, 0) is 32.9 Å². The van der Waals surface area contributed by atoms with Gasteiger partial charge in [-0.25, -0.2) is 33.7 Å². The van der Waals surface area contributed by atoms with E-state index in [0.29, 0.717) is 28.4 Å². The number of aryl methyl sites for hydroxylation is 1. The summed E-state index contributed by atoms with van der Waals surface area (Å²) >= 11 is 0. The number of anilines is 3. The Labute approximate surface area is 211 Å². The lowest BCUT2D eigenvalue weighted by Gasteiger charge is -2.29. The summed E-state index contributed by atoms with van der Waals surface area (Å²) in [7, 11) is 0.